The normalized spacial score (nSPS) is 15.6. The molecule has 24 heavy (non-hydrogen) atoms. The second kappa shape index (κ2) is 14.1. The molecule has 0 spiro atoms. The van der Waals surface area contributed by atoms with Crippen LogP contribution in [0.1, 0.15) is 103 Å². The average Bonchev–Trinajstić information content (AvgIpc) is 2.25. The smallest absolute Gasteiger partial charge is 0.0594 e. The molecule has 2 nitrogen and oxygen atoms in total. The molecule has 0 bridgehead atoms. The van der Waals surface area contributed by atoms with E-state index < -0.39 is 0 Å². The van der Waals surface area contributed by atoms with Gasteiger partial charge in [0.2, 0.25) is 0 Å². The summed E-state index contributed by atoms with van der Waals surface area (Å²) in [6.45, 7) is 25.7. The lowest BCUT2D eigenvalue weighted by Crippen LogP contribution is -2.36. The number of piperidine rings is 1. The number of likely N-dealkylation sites (tertiary alicyclic amines) is 1. The highest BCUT2D eigenvalue weighted by Gasteiger charge is 2.17. The molecule has 152 valence electrons. The summed E-state index contributed by atoms with van der Waals surface area (Å²) in [6.07, 6.45) is 4.27. The van der Waals surface area contributed by atoms with Gasteiger partial charge in [0.25, 0.3) is 0 Å². The zero-order chi connectivity index (χ0) is 18.0. The van der Waals surface area contributed by atoms with Crippen LogP contribution in [0.5, 0.6) is 0 Å². The summed E-state index contributed by atoms with van der Waals surface area (Å²) in [5.41, 5.74) is 1.03. The lowest BCUT2D eigenvalue weighted by molar-refractivity contribution is 0.0397. The van der Waals surface area contributed by atoms with Gasteiger partial charge in [0, 0.05) is 13.7 Å². The van der Waals surface area contributed by atoms with Crippen LogP contribution in [0.3, 0.4) is 0 Å². The molecule has 0 atom stereocenters. The van der Waals surface area contributed by atoms with Gasteiger partial charge in [-0.3, -0.25) is 0 Å². The first-order valence-corrected chi connectivity index (χ1v) is 8.91. The Morgan fingerprint density at radius 1 is 0.708 bits per heavy atom. The van der Waals surface area contributed by atoms with Gasteiger partial charge in [-0.25, -0.2) is 0 Å². The van der Waals surface area contributed by atoms with Crippen molar-refractivity contribution in [3.05, 3.63) is 0 Å². The molecule has 1 fully saturated rings. The molecule has 0 radical (unpaired) electrons. The number of hydrogen-bond donors (Lipinski definition) is 0. The van der Waals surface area contributed by atoms with Crippen molar-refractivity contribution in [2.45, 2.75) is 109 Å². The largest absolute Gasteiger partial charge is 0.379 e. The molecule has 1 heterocycles. The predicted molar refractivity (Wildman–Crippen MR) is 115 cm³/mol. The molecular formula is C22H53NO. The van der Waals surface area contributed by atoms with E-state index in [4.69, 9.17) is 4.74 Å². The summed E-state index contributed by atoms with van der Waals surface area (Å²) in [6, 6.07) is 0. The summed E-state index contributed by atoms with van der Waals surface area (Å²) in [5, 5.41) is 0. The predicted octanol–water partition coefficient (Wildman–Crippen LogP) is 7.27. The Hall–Kier alpha value is -0.0800. The second-order valence-electron chi connectivity index (χ2n) is 10.2. The van der Waals surface area contributed by atoms with E-state index >= 15 is 0 Å². The van der Waals surface area contributed by atoms with Gasteiger partial charge in [0.15, 0.2) is 0 Å². The first kappa shape index (κ1) is 31.7. The van der Waals surface area contributed by atoms with E-state index in [1.165, 1.54) is 38.9 Å². The van der Waals surface area contributed by atoms with Crippen LogP contribution in [-0.2, 0) is 4.74 Å². The van der Waals surface area contributed by atoms with Gasteiger partial charge in [0.1, 0.15) is 0 Å². The molecule has 0 aromatic rings. The fourth-order valence-corrected chi connectivity index (χ4v) is 1.79. The Balaban J connectivity index is -0.000000133. The van der Waals surface area contributed by atoms with Gasteiger partial charge in [-0.1, -0.05) is 69.7 Å². The van der Waals surface area contributed by atoms with E-state index in [0.717, 1.165) is 0 Å². The van der Waals surface area contributed by atoms with E-state index in [9.17, 15) is 0 Å². The van der Waals surface area contributed by atoms with E-state index in [0.29, 0.717) is 10.8 Å². The number of ether oxygens (including phenoxy) is 1. The number of methoxy groups -OCH3 is 1. The molecule has 0 aliphatic carbocycles. The molecule has 0 amide bonds. The van der Waals surface area contributed by atoms with E-state index in [1.54, 1.807) is 7.11 Å². The Labute approximate surface area is 156 Å². The van der Waals surface area contributed by atoms with Gasteiger partial charge in [-0.15, -0.1) is 0 Å². The van der Waals surface area contributed by atoms with Crippen LogP contribution in [0.2, 0.25) is 0 Å². The Bertz CT molecular complexity index is 241. The second-order valence-corrected chi connectivity index (χ2v) is 10.2. The molecule has 1 aliphatic rings. The lowest BCUT2D eigenvalue weighted by Gasteiger charge is -2.32. The van der Waals surface area contributed by atoms with E-state index in [-0.39, 0.29) is 20.5 Å². The molecule has 0 unspecified atom stereocenters. The monoisotopic (exact) mass is 347 g/mol. The highest BCUT2D eigenvalue weighted by molar-refractivity contribution is 4.71. The van der Waals surface area contributed by atoms with Crippen LogP contribution < -0.4 is 0 Å². The van der Waals surface area contributed by atoms with Gasteiger partial charge >= 0.3 is 0 Å². The topological polar surface area (TPSA) is 12.5 Å². The molecule has 1 saturated heterocycles. The molecule has 0 aromatic heterocycles. The van der Waals surface area contributed by atoms with Crippen LogP contribution in [-0.4, -0.2) is 37.2 Å². The van der Waals surface area contributed by atoms with Crippen LogP contribution in [0, 0.1) is 10.8 Å². The summed E-state index contributed by atoms with van der Waals surface area (Å²) in [4.78, 5) is 2.60. The zero-order valence-corrected chi connectivity index (χ0v) is 17.6. The third-order valence-corrected chi connectivity index (χ3v) is 2.76. The first-order valence-electron chi connectivity index (χ1n) is 8.91. The molecule has 2 heteroatoms. The van der Waals surface area contributed by atoms with Crippen molar-refractivity contribution in [1.29, 1.82) is 0 Å². The minimum Gasteiger partial charge on any atom is -0.379 e. The van der Waals surface area contributed by atoms with Crippen molar-refractivity contribution in [2.24, 2.45) is 10.8 Å². The lowest BCUT2D eigenvalue weighted by atomic mass is 9.95. The Morgan fingerprint density at radius 2 is 1.00 bits per heavy atom. The fourth-order valence-electron chi connectivity index (χ4n) is 1.79. The number of rotatable bonds is 1. The highest BCUT2D eigenvalue weighted by Crippen LogP contribution is 2.18. The standard InChI is InChI=1S/C10H21N.C5H12O.C5H12.2CH4/c1-10(2,3)9-11-7-5-4-6-8-11;1-5(2,3)6-4;1-5(2,3)4;;/h4-9H2,1-3H3;1-4H3;1-4H3;2*1H4. The van der Waals surface area contributed by atoms with Gasteiger partial charge in [-0.2, -0.15) is 0 Å². The Morgan fingerprint density at radius 3 is 1.21 bits per heavy atom. The van der Waals surface area contributed by atoms with E-state index in [1.807, 2.05) is 20.8 Å². The van der Waals surface area contributed by atoms with Gasteiger partial charge < -0.3 is 9.64 Å². The van der Waals surface area contributed by atoms with Crippen LogP contribution >= 0.6 is 0 Å². The average molecular weight is 348 g/mol. The van der Waals surface area contributed by atoms with Crippen molar-refractivity contribution in [3.63, 3.8) is 0 Å². The molecule has 0 N–H and O–H groups in total. The summed E-state index contributed by atoms with van der Waals surface area (Å²) < 4.78 is 4.94. The minimum absolute atomic E-state index is 0. The third-order valence-electron chi connectivity index (χ3n) is 2.76. The van der Waals surface area contributed by atoms with Crippen molar-refractivity contribution < 1.29 is 4.74 Å². The zero-order valence-electron chi connectivity index (χ0n) is 17.6. The highest BCUT2D eigenvalue weighted by atomic mass is 16.5. The maximum absolute atomic E-state index is 4.94. The molecule has 1 aliphatic heterocycles. The molecule has 0 saturated carbocycles. The van der Waals surface area contributed by atoms with Crippen molar-refractivity contribution >= 4 is 0 Å². The van der Waals surface area contributed by atoms with Gasteiger partial charge in [0.05, 0.1) is 5.60 Å². The van der Waals surface area contributed by atoms with Crippen molar-refractivity contribution in [3.8, 4) is 0 Å². The van der Waals surface area contributed by atoms with Crippen molar-refractivity contribution in [1.82, 2.24) is 4.90 Å². The maximum atomic E-state index is 4.94. The summed E-state index contributed by atoms with van der Waals surface area (Å²) in [7, 11) is 1.71. The molecule has 1 rings (SSSR count). The van der Waals surface area contributed by atoms with Crippen LogP contribution in [0.25, 0.3) is 0 Å². The quantitative estimate of drug-likeness (QED) is 0.494. The first-order chi connectivity index (χ1) is 9.64. The SMILES string of the molecule is C.C.CC(C)(C)C.CC(C)(C)CN1CCCCC1.COC(C)(C)C. The Kier molecular flexibility index (Phi) is 18.6. The fraction of sp³-hybridized carbons (Fsp3) is 1.00. The molecular weight excluding hydrogens is 294 g/mol. The number of hydrogen-bond acceptors (Lipinski definition) is 2. The maximum Gasteiger partial charge on any atom is 0.0594 e. The van der Waals surface area contributed by atoms with E-state index in [2.05, 4.69) is 53.4 Å². The molecule has 0 aromatic carbocycles. The van der Waals surface area contributed by atoms with Gasteiger partial charge in [-0.05, 0) is 57.5 Å². The number of nitrogens with zero attached hydrogens (tertiary/aromatic N) is 1. The minimum atomic E-state index is 0. The summed E-state index contributed by atoms with van der Waals surface area (Å²) >= 11 is 0. The third kappa shape index (κ3) is 37.9. The van der Waals surface area contributed by atoms with Crippen LogP contribution in [0.15, 0.2) is 0 Å². The van der Waals surface area contributed by atoms with Crippen molar-refractivity contribution in [2.75, 3.05) is 26.7 Å². The summed E-state index contributed by atoms with van der Waals surface area (Å²) in [5.74, 6) is 0. The van der Waals surface area contributed by atoms with Crippen LogP contribution in [0.4, 0.5) is 0 Å².